The van der Waals surface area contributed by atoms with Crippen LogP contribution in [0.25, 0.3) is 0 Å². The van der Waals surface area contributed by atoms with Gasteiger partial charge in [-0.3, -0.25) is 9.69 Å². The van der Waals surface area contributed by atoms with E-state index in [1.807, 2.05) is 41.3 Å². The lowest BCUT2D eigenvalue weighted by atomic mass is 10.0. The molecule has 0 unspecified atom stereocenters. The molecule has 0 aliphatic carbocycles. The molecule has 22 heavy (non-hydrogen) atoms. The summed E-state index contributed by atoms with van der Waals surface area (Å²) < 4.78 is 0. The fraction of sp³-hybridized carbons (Fsp3) is 0.278. The van der Waals surface area contributed by atoms with E-state index in [0.29, 0.717) is 11.7 Å². The molecule has 1 atom stereocenters. The zero-order valence-electron chi connectivity index (χ0n) is 12.8. The highest BCUT2D eigenvalue weighted by Crippen LogP contribution is 2.42. The van der Waals surface area contributed by atoms with Crippen LogP contribution in [-0.2, 0) is 4.79 Å². The summed E-state index contributed by atoms with van der Waals surface area (Å²) in [5.41, 5.74) is 9.92. The van der Waals surface area contributed by atoms with E-state index in [9.17, 15) is 4.79 Å². The molecule has 0 bridgehead atoms. The van der Waals surface area contributed by atoms with Gasteiger partial charge in [-0.1, -0.05) is 38.1 Å². The van der Waals surface area contributed by atoms with Crippen molar-refractivity contribution in [3.8, 4) is 0 Å². The number of hydrogen-bond acceptors (Lipinski definition) is 3. The van der Waals surface area contributed by atoms with E-state index in [2.05, 4.69) is 26.0 Å². The molecule has 1 heterocycles. The number of nitrogen functional groups attached to an aromatic ring is 1. The lowest BCUT2D eigenvalue weighted by Crippen LogP contribution is -2.27. The highest BCUT2D eigenvalue weighted by molar-refractivity contribution is 8.00. The zero-order chi connectivity index (χ0) is 15.7. The first kappa shape index (κ1) is 15.0. The average molecular weight is 312 g/mol. The van der Waals surface area contributed by atoms with Gasteiger partial charge in [-0.05, 0) is 41.3 Å². The predicted octanol–water partition coefficient (Wildman–Crippen LogP) is 4.17. The van der Waals surface area contributed by atoms with Gasteiger partial charge in [-0.15, -0.1) is 11.8 Å². The maximum atomic E-state index is 12.3. The summed E-state index contributed by atoms with van der Waals surface area (Å²) in [6, 6.07) is 16.1. The molecule has 3 rings (SSSR count). The van der Waals surface area contributed by atoms with Crippen molar-refractivity contribution in [3.05, 3.63) is 59.7 Å². The van der Waals surface area contributed by atoms with Crippen molar-refractivity contribution in [2.45, 2.75) is 25.1 Å². The van der Waals surface area contributed by atoms with Crippen LogP contribution in [0, 0.1) is 0 Å². The topological polar surface area (TPSA) is 46.3 Å². The van der Waals surface area contributed by atoms with Crippen molar-refractivity contribution in [2.24, 2.45) is 0 Å². The Kier molecular flexibility index (Phi) is 4.12. The van der Waals surface area contributed by atoms with E-state index in [-0.39, 0.29) is 11.3 Å². The largest absolute Gasteiger partial charge is 0.399 e. The summed E-state index contributed by atoms with van der Waals surface area (Å²) in [6.07, 6.45) is 0. The minimum Gasteiger partial charge on any atom is -0.399 e. The molecule has 0 radical (unpaired) electrons. The van der Waals surface area contributed by atoms with E-state index in [0.717, 1.165) is 16.9 Å². The van der Waals surface area contributed by atoms with E-state index >= 15 is 0 Å². The second-order valence-corrected chi connectivity index (χ2v) is 6.91. The second-order valence-electron chi connectivity index (χ2n) is 5.84. The SMILES string of the molecule is CC(C)c1ccc(N2C(=O)CS[C@@H]2c2cccc(N)c2)cc1. The zero-order valence-corrected chi connectivity index (χ0v) is 13.6. The Bertz CT molecular complexity index is 682. The van der Waals surface area contributed by atoms with E-state index in [1.54, 1.807) is 11.8 Å². The summed E-state index contributed by atoms with van der Waals surface area (Å²) in [5.74, 6) is 1.14. The molecular weight excluding hydrogens is 292 g/mol. The summed E-state index contributed by atoms with van der Waals surface area (Å²) in [4.78, 5) is 14.2. The maximum Gasteiger partial charge on any atom is 0.238 e. The Hall–Kier alpha value is -1.94. The van der Waals surface area contributed by atoms with Crippen molar-refractivity contribution < 1.29 is 4.79 Å². The lowest BCUT2D eigenvalue weighted by molar-refractivity contribution is -0.115. The number of hydrogen-bond donors (Lipinski definition) is 1. The second kappa shape index (κ2) is 6.05. The Balaban J connectivity index is 1.94. The maximum absolute atomic E-state index is 12.3. The number of amides is 1. The van der Waals surface area contributed by atoms with Gasteiger partial charge in [-0.2, -0.15) is 0 Å². The van der Waals surface area contributed by atoms with Crippen LogP contribution in [0.3, 0.4) is 0 Å². The van der Waals surface area contributed by atoms with Crippen LogP contribution in [0.4, 0.5) is 11.4 Å². The molecule has 4 heteroatoms. The minimum atomic E-state index is 0.000833. The van der Waals surface area contributed by atoms with Gasteiger partial charge in [0.15, 0.2) is 0 Å². The van der Waals surface area contributed by atoms with Crippen LogP contribution < -0.4 is 10.6 Å². The third-order valence-electron chi connectivity index (χ3n) is 3.90. The number of benzene rings is 2. The molecule has 0 aromatic heterocycles. The van der Waals surface area contributed by atoms with Gasteiger partial charge in [-0.25, -0.2) is 0 Å². The minimum absolute atomic E-state index is 0.000833. The smallest absolute Gasteiger partial charge is 0.238 e. The number of anilines is 2. The summed E-state index contributed by atoms with van der Waals surface area (Å²) in [6.45, 7) is 4.34. The number of nitrogens with zero attached hydrogens (tertiary/aromatic N) is 1. The normalized spacial score (nSPS) is 18.2. The fourth-order valence-corrected chi connectivity index (χ4v) is 3.85. The van der Waals surface area contributed by atoms with E-state index in [1.165, 1.54) is 5.56 Å². The van der Waals surface area contributed by atoms with Gasteiger partial charge in [0.2, 0.25) is 5.91 Å². The Morgan fingerprint density at radius 3 is 2.55 bits per heavy atom. The summed E-state index contributed by atoms with van der Waals surface area (Å²) >= 11 is 1.65. The molecule has 0 spiro atoms. The molecule has 1 aliphatic rings. The monoisotopic (exact) mass is 312 g/mol. The van der Waals surface area contributed by atoms with Crippen LogP contribution >= 0.6 is 11.8 Å². The van der Waals surface area contributed by atoms with Gasteiger partial charge < -0.3 is 5.73 Å². The third kappa shape index (κ3) is 2.83. The number of thioether (sulfide) groups is 1. The molecule has 1 saturated heterocycles. The van der Waals surface area contributed by atoms with Crippen LogP contribution in [0.5, 0.6) is 0 Å². The van der Waals surface area contributed by atoms with Crippen LogP contribution in [0.15, 0.2) is 48.5 Å². The van der Waals surface area contributed by atoms with Gasteiger partial charge in [0, 0.05) is 11.4 Å². The van der Waals surface area contributed by atoms with Gasteiger partial charge in [0.05, 0.1) is 5.75 Å². The van der Waals surface area contributed by atoms with Crippen molar-refractivity contribution in [1.29, 1.82) is 0 Å². The predicted molar refractivity (Wildman–Crippen MR) is 94.1 cm³/mol. The van der Waals surface area contributed by atoms with Gasteiger partial charge in [0.25, 0.3) is 0 Å². The van der Waals surface area contributed by atoms with Crippen LogP contribution in [0.1, 0.15) is 36.3 Å². The Morgan fingerprint density at radius 2 is 1.91 bits per heavy atom. The van der Waals surface area contributed by atoms with Crippen molar-refractivity contribution in [3.63, 3.8) is 0 Å². The van der Waals surface area contributed by atoms with E-state index < -0.39 is 0 Å². The molecule has 2 aromatic carbocycles. The van der Waals surface area contributed by atoms with Crippen LogP contribution in [0.2, 0.25) is 0 Å². The number of carbonyl (C=O) groups is 1. The lowest BCUT2D eigenvalue weighted by Gasteiger charge is -2.25. The number of nitrogens with two attached hydrogens (primary N) is 1. The van der Waals surface area contributed by atoms with Crippen molar-refractivity contribution >= 4 is 29.0 Å². The molecule has 2 N–H and O–H groups in total. The Morgan fingerprint density at radius 1 is 1.18 bits per heavy atom. The third-order valence-corrected chi connectivity index (χ3v) is 5.11. The molecule has 1 fully saturated rings. The molecule has 0 saturated carbocycles. The fourth-order valence-electron chi connectivity index (χ4n) is 2.68. The summed E-state index contributed by atoms with van der Waals surface area (Å²) in [7, 11) is 0. The molecule has 1 amide bonds. The van der Waals surface area contributed by atoms with Gasteiger partial charge in [0.1, 0.15) is 5.37 Å². The first-order valence-electron chi connectivity index (χ1n) is 7.45. The molecule has 2 aromatic rings. The number of rotatable bonds is 3. The first-order valence-corrected chi connectivity index (χ1v) is 8.50. The van der Waals surface area contributed by atoms with Crippen molar-refractivity contribution in [1.82, 2.24) is 0 Å². The molecule has 114 valence electrons. The number of carbonyl (C=O) groups excluding carboxylic acids is 1. The molecule has 3 nitrogen and oxygen atoms in total. The van der Waals surface area contributed by atoms with E-state index in [4.69, 9.17) is 5.73 Å². The highest BCUT2D eigenvalue weighted by atomic mass is 32.2. The van der Waals surface area contributed by atoms with Gasteiger partial charge >= 0.3 is 0 Å². The molecular formula is C18H20N2OS. The highest BCUT2D eigenvalue weighted by Gasteiger charge is 2.34. The first-order chi connectivity index (χ1) is 10.6. The summed E-state index contributed by atoms with van der Waals surface area (Å²) in [5, 5.41) is 0.000833. The molecule has 1 aliphatic heterocycles. The standard InChI is InChI=1S/C18H20N2OS/c1-12(2)13-6-8-16(9-7-13)20-17(21)11-22-18(20)14-4-3-5-15(19)10-14/h3-10,12,18H,11,19H2,1-2H3/t18-/m1/s1. The average Bonchev–Trinajstić information content (AvgIpc) is 2.89. The quantitative estimate of drug-likeness (QED) is 0.865. The van der Waals surface area contributed by atoms with Crippen molar-refractivity contribution in [2.75, 3.05) is 16.4 Å². The Labute approximate surface area is 135 Å². The van der Waals surface area contributed by atoms with Crippen LogP contribution in [-0.4, -0.2) is 11.7 Å².